The van der Waals surface area contributed by atoms with E-state index in [1.807, 2.05) is 6.92 Å². The topological polar surface area (TPSA) is 57.6 Å². The average Bonchev–Trinajstić information content (AvgIpc) is 2.49. The summed E-state index contributed by atoms with van der Waals surface area (Å²) in [4.78, 5) is 25.5. The van der Waals surface area contributed by atoms with Gasteiger partial charge in [-0.2, -0.15) is 0 Å². The van der Waals surface area contributed by atoms with Crippen LogP contribution in [0, 0.1) is 5.41 Å². The van der Waals surface area contributed by atoms with Crippen molar-refractivity contribution in [3.8, 4) is 0 Å². The van der Waals surface area contributed by atoms with Gasteiger partial charge in [-0.25, -0.2) is 0 Å². The zero-order chi connectivity index (χ0) is 15.6. The molecule has 0 bridgehead atoms. The van der Waals surface area contributed by atoms with E-state index in [-0.39, 0.29) is 10.9 Å². The van der Waals surface area contributed by atoms with Gasteiger partial charge in [0.2, 0.25) is 0 Å². The Morgan fingerprint density at radius 2 is 1.90 bits per heavy atom. The van der Waals surface area contributed by atoms with Gasteiger partial charge in [0.05, 0.1) is 21.0 Å². The minimum Gasteiger partial charge on any atom is -0.481 e. The summed E-state index contributed by atoms with van der Waals surface area (Å²) in [6, 6.07) is 4.94. The second-order valence-corrected chi connectivity index (χ2v) is 6.12. The third kappa shape index (κ3) is 3.01. The largest absolute Gasteiger partial charge is 0.481 e. The van der Waals surface area contributed by atoms with Crippen molar-refractivity contribution in [3.05, 3.63) is 33.8 Å². The predicted molar refractivity (Wildman–Crippen MR) is 82.0 cm³/mol. The number of amides is 1. The van der Waals surface area contributed by atoms with Crippen molar-refractivity contribution in [3.63, 3.8) is 0 Å². The quantitative estimate of drug-likeness (QED) is 0.919. The zero-order valence-electron chi connectivity index (χ0n) is 11.7. The second kappa shape index (κ2) is 6.24. The van der Waals surface area contributed by atoms with Crippen molar-refractivity contribution in [2.45, 2.75) is 26.2 Å². The fourth-order valence-corrected chi connectivity index (χ4v) is 3.08. The first kappa shape index (κ1) is 16.1. The molecule has 0 aromatic heterocycles. The number of carboxylic acid groups (broad SMARTS) is 1. The minimum atomic E-state index is -0.780. The summed E-state index contributed by atoms with van der Waals surface area (Å²) in [5.74, 6) is -0.976. The smallest absolute Gasteiger partial charge is 0.309 e. The monoisotopic (exact) mass is 329 g/mol. The van der Waals surface area contributed by atoms with Gasteiger partial charge in [-0.05, 0) is 31.4 Å². The predicted octanol–water partition coefficient (Wildman–Crippen LogP) is 3.71. The molecule has 0 unspecified atom stereocenters. The van der Waals surface area contributed by atoms with Gasteiger partial charge in [0.1, 0.15) is 0 Å². The third-order valence-corrected chi connectivity index (χ3v) is 5.14. The highest BCUT2D eigenvalue weighted by molar-refractivity contribution is 6.43. The molecule has 1 fully saturated rings. The van der Waals surface area contributed by atoms with E-state index in [1.165, 1.54) is 0 Å². The number of nitrogens with zero attached hydrogens (tertiary/aromatic N) is 1. The lowest BCUT2D eigenvalue weighted by Gasteiger charge is -2.38. The van der Waals surface area contributed by atoms with Gasteiger partial charge < -0.3 is 10.0 Å². The molecule has 1 aliphatic heterocycles. The fraction of sp³-hybridized carbons (Fsp3) is 0.467. The number of aliphatic carboxylic acids is 1. The molecule has 1 aromatic rings. The first-order valence-corrected chi connectivity index (χ1v) is 7.63. The maximum absolute atomic E-state index is 12.5. The van der Waals surface area contributed by atoms with Crippen LogP contribution in [-0.4, -0.2) is 35.0 Å². The first-order chi connectivity index (χ1) is 9.91. The standard InChI is InChI=1S/C15H17Cl2NO3/c1-2-15(14(20)21)6-8-18(9-7-15)13(19)10-4-3-5-11(16)12(10)17/h3-5H,2,6-9H2,1H3,(H,20,21). The summed E-state index contributed by atoms with van der Waals surface area (Å²) in [5, 5.41) is 9.95. The molecule has 1 saturated heterocycles. The van der Waals surface area contributed by atoms with E-state index in [1.54, 1.807) is 23.1 Å². The van der Waals surface area contributed by atoms with Crippen LogP contribution in [0.3, 0.4) is 0 Å². The van der Waals surface area contributed by atoms with E-state index < -0.39 is 11.4 Å². The van der Waals surface area contributed by atoms with Gasteiger partial charge in [0.25, 0.3) is 5.91 Å². The maximum atomic E-state index is 12.5. The van der Waals surface area contributed by atoms with Crippen molar-refractivity contribution in [1.82, 2.24) is 4.90 Å². The average molecular weight is 330 g/mol. The van der Waals surface area contributed by atoms with Gasteiger partial charge in [-0.15, -0.1) is 0 Å². The molecular weight excluding hydrogens is 313 g/mol. The van der Waals surface area contributed by atoms with Crippen LogP contribution in [0.25, 0.3) is 0 Å². The van der Waals surface area contributed by atoms with Gasteiger partial charge in [0.15, 0.2) is 0 Å². The summed E-state index contributed by atoms with van der Waals surface area (Å²) >= 11 is 12.0. The normalized spacial score (nSPS) is 17.6. The Balaban J connectivity index is 2.14. The molecule has 0 aliphatic carbocycles. The van der Waals surface area contributed by atoms with Crippen molar-refractivity contribution in [2.75, 3.05) is 13.1 Å². The Kier molecular flexibility index (Phi) is 4.79. The van der Waals surface area contributed by atoms with Crippen LogP contribution < -0.4 is 0 Å². The SMILES string of the molecule is CCC1(C(=O)O)CCN(C(=O)c2cccc(Cl)c2Cl)CC1. The molecule has 0 atom stereocenters. The van der Waals surface area contributed by atoms with E-state index in [9.17, 15) is 14.7 Å². The van der Waals surface area contributed by atoms with Crippen LogP contribution in [0.2, 0.25) is 10.0 Å². The maximum Gasteiger partial charge on any atom is 0.309 e. The lowest BCUT2D eigenvalue weighted by atomic mass is 9.76. The molecule has 1 amide bonds. The molecule has 4 nitrogen and oxygen atoms in total. The number of hydrogen-bond donors (Lipinski definition) is 1. The van der Waals surface area contributed by atoms with Crippen LogP contribution in [0.4, 0.5) is 0 Å². The molecule has 0 spiro atoms. The number of piperidine rings is 1. The zero-order valence-corrected chi connectivity index (χ0v) is 13.2. The lowest BCUT2D eigenvalue weighted by molar-refractivity contribution is -0.152. The first-order valence-electron chi connectivity index (χ1n) is 6.88. The minimum absolute atomic E-state index is 0.197. The molecule has 1 aliphatic rings. The molecule has 114 valence electrons. The molecular formula is C15H17Cl2NO3. The lowest BCUT2D eigenvalue weighted by Crippen LogP contribution is -2.46. The third-order valence-electron chi connectivity index (χ3n) is 4.32. The number of rotatable bonds is 3. The van der Waals surface area contributed by atoms with E-state index >= 15 is 0 Å². The molecule has 0 radical (unpaired) electrons. The van der Waals surface area contributed by atoms with Crippen molar-refractivity contribution >= 4 is 35.1 Å². The number of carbonyl (C=O) groups excluding carboxylic acids is 1. The summed E-state index contributed by atoms with van der Waals surface area (Å²) < 4.78 is 0. The Hall–Kier alpha value is -1.26. The molecule has 1 heterocycles. The van der Waals surface area contributed by atoms with Gasteiger partial charge in [-0.3, -0.25) is 9.59 Å². The van der Waals surface area contributed by atoms with E-state index in [0.29, 0.717) is 42.9 Å². The van der Waals surface area contributed by atoms with Crippen molar-refractivity contribution < 1.29 is 14.7 Å². The fourth-order valence-electron chi connectivity index (χ4n) is 2.70. The van der Waals surface area contributed by atoms with Crippen LogP contribution in [0.1, 0.15) is 36.5 Å². The Bertz CT molecular complexity index is 566. The number of halogens is 2. The number of carboxylic acids is 1. The highest BCUT2D eigenvalue weighted by atomic mass is 35.5. The number of benzene rings is 1. The highest BCUT2D eigenvalue weighted by Crippen LogP contribution is 2.36. The van der Waals surface area contributed by atoms with E-state index in [4.69, 9.17) is 23.2 Å². The molecule has 21 heavy (non-hydrogen) atoms. The van der Waals surface area contributed by atoms with Gasteiger partial charge in [0, 0.05) is 13.1 Å². The molecule has 1 aromatic carbocycles. The van der Waals surface area contributed by atoms with Gasteiger partial charge >= 0.3 is 5.97 Å². The van der Waals surface area contributed by atoms with E-state index in [2.05, 4.69) is 0 Å². The highest BCUT2D eigenvalue weighted by Gasteiger charge is 2.41. The Morgan fingerprint density at radius 3 is 2.43 bits per heavy atom. The van der Waals surface area contributed by atoms with Crippen LogP contribution in [0.15, 0.2) is 18.2 Å². The number of carbonyl (C=O) groups is 2. The Morgan fingerprint density at radius 1 is 1.29 bits per heavy atom. The van der Waals surface area contributed by atoms with Crippen LogP contribution in [0.5, 0.6) is 0 Å². The second-order valence-electron chi connectivity index (χ2n) is 5.33. The molecule has 0 saturated carbocycles. The van der Waals surface area contributed by atoms with Crippen LogP contribution >= 0.6 is 23.2 Å². The summed E-state index contributed by atoms with van der Waals surface area (Å²) in [7, 11) is 0. The van der Waals surface area contributed by atoms with Crippen molar-refractivity contribution in [1.29, 1.82) is 0 Å². The summed E-state index contributed by atoms with van der Waals surface area (Å²) in [5.41, 5.74) is -0.349. The van der Waals surface area contributed by atoms with E-state index in [0.717, 1.165) is 0 Å². The number of hydrogen-bond acceptors (Lipinski definition) is 2. The summed E-state index contributed by atoms with van der Waals surface area (Å²) in [6.07, 6.45) is 1.49. The van der Waals surface area contributed by atoms with Crippen molar-refractivity contribution in [2.24, 2.45) is 5.41 Å². The summed E-state index contributed by atoms with van der Waals surface area (Å²) in [6.45, 7) is 2.71. The Labute approximate surface area is 133 Å². The molecule has 2 rings (SSSR count). The molecule has 1 N–H and O–H groups in total. The van der Waals surface area contributed by atoms with Gasteiger partial charge in [-0.1, -0.05) is 36.2 Å². The van der Waals surface area contributed by atoms with Crippen LogP contribution in [-0.2, 0) is 4.79 Å². The molecule has 6 heteroatoms. The number of likely N-dealkylation sites (tertiary alicyclic amines) is 1.